The van der Waals surface area contributed by atoms with Crippen molar-refractivity contribution in [2.75, 3.05) is 17.4 Å². The largest absolute Gasteiger partial charge is 0.355 e. The third-order valence-electron chi connectivity index (χ3n) is 4.84. The molecule has 0 aliphatic heterocycles. The second-order valence-electron chi connectivity index (χ2n) is 7.21. The van der Waals surface area contributed by atoms with Crippen molar-refractivity contribution in [2.24, 2.45) is 0 Å². The fourth-order valence-corrected chi connectivity index (χ4v) is 4.79. The number of rotatable bonds is 9. The lowest BCUT2D eigenvalue weighted by molar-refractivity contribution is -0.119. The first kappa shape index (κ1) is 22.8. The van der Waals surface area contributed by atoms with E-state index in [9.17, 15) is 13.2 Å². The van der Waals surface area contributed by atoms with E-state index in [0.717, 1.165) is 21.9 Å². The Morgan fingerprint density at radius 1 is 0.935 bits per heavy atom. The average Bonchev–Trinajstić information content (AvgIpc) is 2.77. The van der Waals surface area contributed by atoms with Gasteiger partial charge in [-0.05, 0) is 55.7 Å². The first-order valence-electron chi connectivity index (χ1n) is 10.0. The van der Waals surface area contributed by atoms with Crippen LogP contribution in [0.1, 0.15) is 17.5 Å². The van der Waals surface area contributed by atoms with Gasteiger partial charge in [0.05, 0.1) is 10.6 Å². The molecule has 0 bridgehead atoms. The molecule has 1 amide bonds. The van der Waals surface area contributed by atoms with E-state index in [1.165, 1.54) is 0 Å². The molecule has 5 nitrogen and oxygen atoms in total. The van der Waals surface area contributed by atoms with Gasteiger partial charge in [-0.25, -0.2) is 8.42 Å². The van der Waals surface area contributed by atoms with E-state index in [-0.39, 0.29) is 17.3 Å². The number of anilines is 1. The van der Waals surface area contributed by atoms with E-state index in [0.29, 0.717) is 23.7 Å². The van der Waals surface area contributed by atoms with Gasteiger partial charge in [-0.15, -0.1) is 0 Å². The van der Waals surface area contributed by atoms with Crippen LogP contribution in [0.5, 0.6) is 0 Å². The molecular weight excluding hydrogens is 432 g/mol. The highest BCUT2D eigenvalue weighted by molar-refractivity contribution is 7.92. The number of halogens is 1. The van der Waals surface area contributed by atoms with E-state index in [1.54, 1.807) is 54.6 Å². The Labute approximate surface area is 188 Å². The normalized spacial score (nSPS) is 11.2. The van der Waals surface area contributed by atoms with Crippen molar-refractivity contribution < 1.29 is 13.2 Å². The first-order chi connectivity index (χ1) is 14.9. The zero-order valence-corrected chi connectivity index (χ0v) is 18.9. The molecule has 0 aliphatic carbocycles. The lowest BCUT2D eigenvalue weighted by Crippen LogP contribution is -2.41. The van der Waals surface area contributed by atoms with Crippen molar-refractivity contribution in [3.8, 4) is 0 Å². The average molecular weight is 457 g/mol. The van der Waals surface area contributed by atoms with Gasteiger partial charge in [0.15, 0.2) is 0 Å². The Morgan fingerprint density at radius 2 is 1.58 bits per heavy atom. The summed E-state index contributed by atoms with van der Waals surface area (Å²) < 4.78 is 27.7. The predicted octanol–water partition coefficient (Wildman–Crippen LogP) is 4.59. The fraction of sp³-hybridized carbons (Fsp3) is 0.208. The van der Waals surface area contributed by atoms with Crippen LogP contribution in [-0.2, 0) is 21.2 Å². The highest BCUT2D eigenvalue weighted by atomic mass is 35.5. The molecular formula is C24H25ClN2O3S. The Bertz CT molecular complexity index is 1120. The predicted molar refractivity (Wildman–Crippen MR) is 125 cm³/mol. The van der Waals surface area contributed by atoms with Crippen LogP contribution in [0, 0.1) is 6.92 Å². The summed E-state index contributed by atoms with van der Waals surface area (Å²) in [4.78, 5) is 12.7. The molecule has 0 radical (unpaired) electrons. The van der Waals surface area contributed by atoms with Gasteiger partial charge >= 0.3 is 0 Å². The number of nitrogens with zero attached hydrogens (tertiary/aromatic N) is 1. The summed E-state index contributed by atoms with van der Waals surface area (Å²) >= 11 is 6.16. The third-order valence-corrected chi connectivity index (χ3v) is 7.00. The van der Waals surface area contributed by atoms with Gasteiger partial charge in [0.2, 0.25) is 5.91 Å². The van der Waals surface area contributed by atoms with Gasteiger partial charge < -0.3 is 5.32 Å². The quantitative estimate of drug-likeness (QED) is 0.479. The first-order valence-corrected chi connectivity index (χ1v) is 11.8. The molecule has 31 heavy (non-hydrogen) atoms. The van der Waals surface area contributed by atoms with Crippen LogP contribution in [0.15, 0.2) is 83.8 Å². The van der Waals surface area contributed by atoms with E-state index >= 15 is 0 Å². The molecule has 0 saturated carbocycles. The summed E-state index contributed by atoms with van der Waals surface area (Å²) in [6.45, 7) is 2.02. The molecule has 0 heterocycles. The molecule has 0 aromatic heterocycles. The molecule has 0 unspecified atom stereocenters. The summed E-state index contributed by atoms with van der Waals surface area (Å²) in [5.41, 5.74) is 2.42. The van der Waals surface area contributed by atoms with Crippen LogP contribution in [0.25, 0.3) is 0 Å². The van der Waals surface area contributed by atoms with Crippen molar-refractivity contribution in [3.05, 3.63) is 95.0 Å². The van der Waals surface area contributed by atoms with Crippen LogP contribution in [-0.4, -0.2) is 27.4 Å². The molecule has 0 aliphatic rings. The number of sulfonamides is 1. The summed E-state index contributed by atoms with van der Waals surface area (Å²) in [5.74, 6) is -0.362. The Morgan fingerprint density at radius 3 is 2.26 bits per heavy atom. The number of aryl methyl sites for hydroxylation is 2. The number of nitrogens with one attached hydrogen (secondary N) is 1. The Hall–Kier alpha value is -2.83. The number of amides is 1. The number of carbonyl (C=O) groups excluding carboxylic acids is 1. The maximum Gasteiger partial charge on any atom is 0.264 e. The van der Waals surface area contributed by atoms with Gasteiger partial charge in [-0.3, -0.25) is 9.10 Å². The molecule has 162 valence electrons. The number of benzene rings is 3. The Balaban J connectivity index is 1.68. The lowest BCUT2D eigenvalue weighted by Gasteiger charge is -2.24. The molecule has 0 atom stereocenters. The second kappa shape index (κ2) is 10.5. The molecule has 3 aromatic rings. The maximum atomic E-state index is 13.3. The number of carbonyl (C=O) groups is 1. The molecule has 3 rings (SSSR count). The van der Waals surface area contributed by atoms with E-state index in [4.69, 9.17) is 11.6 Å². The minimum absolute atomic E-state index is 0.147. The van der Waals surface area contributed by atoms with Crippen molar-refractivity contribution >= 4 is 33.2 Å². The molecule has 3 aromatic carbocycles. The van der Waals surface area contributed by atoms with Gasteiger partial charge in [0.1, 0.15) is 6.54 Å². The van der Waals surface area contributed by atoms with Gasteiger partial charge in [0.25, 0.3) is 10.0 Å². The zero-order valence-electron chi connectivity index (χ0n) is 17.3. The maximum absolute atomic E-state index is 13.3. The molecule has 1 N–H and O–H groups in total. The van der Waals surface area contributed by atoms with E-state index in [2.05, 4.69) is 5.32 Å². The van der Waals surface area contributed by atoms with Gasteiger partial charge in [0, 0.05) is 11.6 Å². The van der Waals surface area contributed by atoms with Crippen molar-refractivity contribution in [1.82, 2.24) is 5.32 Å². The topological polar surface area (TPSA) is 66.5 Å². The summed E-state index contributed by atoms with van der Waals surface area (Å²) in [7, 11) is -3.89. The second-order valence-corrected chi connectivity index (χ2v) is 9.47. The number of para-hydroxylation sites is 1. The van der Waals surface area contributed by atoms with Gasteiger partial charge in [-0.2, -0.15) is 0 Å². The highest BCUT2D eigenvalue weighted by Gasteiger charge is 2.26. The van der Waals surface area contributed by atoms with Crippen LogP contribution < -0.4 is 9.62 Å². The van der Waals surface area contributed by atoms with Crippen LogP contribution in [0.4, 0.5) is 5.69 Å². The Kier molecular flexibility index (Phi) is 7.71. The smallest absolute Gasteiger partial charge is 0.264 e. The highest BCUT2D eigenvalue weighted by Crippen LogP contribution is 2.23. The minimum Gasteiger partial charge on any atom is -0.355 e. The summed E-state index contributed by atoms with van der Waals surface area (Å²) in [6.07, 6.45) is 1.43. The van der Waals surface area contributed by atoms with E-state index in [1.807, 2.05) is 31.2 Å². The van der Waals surface area contributed by atoms with E-state index < -0.39 is 10.0 Å². The van der Waals surface area contributed by atoms with Crippen LogP contribution in [0.3, 0.4) is 0 Å². The fourth-order valence-electron chi connectivity index (χ4n) is 3.14. The van der Waals surface area contributed by atoms with Crippen molar-refractivity contribution in [3.63, 3.8) is 0 Å². The molecule has 0 spiro atoms. The van der Waals surface area contributed by atoms with Gasteiger partial charge in [-0.1, -0.05) is 65.7 Å². The van der Waals surface area contributed by atoms with Crippen molar-refractivity contribution in [1.29, 1.82) is 0 Å². The molecule has 0 saturated heterocycles. The summed E-state index contributed by atoms with van der Waals surface area (Å²) in [6, 6.07) is 22.8. The summed E-state index contributed by atoms with van der Waals surface area (Å²) in [5, 5.41) is 3.52. The minimum atomic E-state index is -3.89. The monoisotopic (exact) mass is 456 g/mol. The lowest BCUT2D eigenvalue weighted by atomic mass is 10.1. The number of hydrogen-bond acceptors (Lipinski definition) is 3. The molecule has 0 fully saturated rings. The third kappa shape index (κ3) is 6.09. The van der Waals surface area contributed by atoms with Crippen LogP contribution >= 0.6 is 11.6 Å². The molecule has 7 heteroatoms. The SMILES string of the molecule is Cc1ccc(S(=O)(=O)N(CC(=O)NCCCc2ccccc2Cl)c2ccccc2)cc1. The number of hydrogen-bond donors (Lipinski definition) is 1. The standard InChI is InChI=1S/C24H25ClN2O3S/c1-19-13-15-22(16-14-19)31(29,30)27(21-10-3-2-4-11-21)18-24(28)26-17-7-9-20-8-5-6-12-23(20)25/h2-6,8,10-16H,7,9,17-18H2,1H3,(H,26,28). The van der Waals surface area contributed by atoms with Crippen molar-refractivity contribution in [2.45, 2.75) is 24.7 Å². The zero-order chi connectivity index (χ0) is 22.3. The van der Waals surface area contributed by atoms with Crippen LogP contribution in [0.2, 0.25) is 5.02 Å².